The number of benzene rings is 1. The van der Waals surface area contributed by atoms with E-state index in [-0.39, 0.29) is 11.7 Å². The highest BCUT2D eigenvalue weighted by atomic mass is 19.1. The molecular formula is C11H16FN3O. The van der Waals surface area contributed by atoms with Crippen LogP contribution in [0.5, 0.6) is 0 Å². The van der Waals surface area contributed by atoms with Crippen LogP contribution in [-0.2, 0) is 6.54 Å². The van der Waals surface area contributed by atoms with Crippen molar-refractivity contribution in [1.29, 1.82) is 0 Å². The minimum atomic E-state index is -0.252. The van der Waals surface area contributed by atoms with E-state index in [2.05, 4.69) is 5.16 Å². The average molecular weight is 225 g/mol. The smallest absolute Gasteiger partial charge is 0.153 e. The Balaban J connectivity index is 2.63. The van der Waals surface area contributed by atoms with E-state index in [1.54, 1.807) is 6.07 Å². The van der Waals surface area contributed by atoms with Gasteiger partial charge in [0.05, 0.1) is 6.54 Å². The maximum absolute atomic E-state index is 12.9. The predicted molar refractivity (Wildman–Crippen MR) is 60.8 cm³/mol. The summed E-state index contributed by atoms with van der Waals surface area (Å²) in [6.45, 7) is 3.64. The molecule has 4 nitrogen and oxygen atoms in total. The Kier molecular flexibility index (Phi) is 4.72. The van der Waals surface area contributed by atoms with Crippen molar-refractivity contribution >= 4 is 5.84 Å². The van der Waals surface area contributed by atoms with Crippen LogP contribution in [0.25, 0.3) is 0 Å². The first kappa shape index (κ1) is 12.4. The molecule has 5 heteroatoms. The summed E-state index contributed by atoms with van der Waals surface area (Å²) in [6, 6.07) is 6.40. The maximum atomic E-state index is 12.9. The largest absolute Gasteiger partial charge is 0.409 e. The molecule has 0 radical (unpaired) electrons. The first-order valence-corrected chi connectivity index (χ1v) is 5.09. The number of nitrogens with two attached hydrogens (primary N) is 1. The Morgan fingerprint density at radius 3 is 2.88 bits per heavy atom. The van der Waals surface area contributed by atoms with Gasteiger partial charge in [0, 0.05) is 6.54 Å². The van der Waals surface area contributed by atoms with Gasteiger partial charge >= 0.3 is 0 Å². The normalized spacial score (nSPS) is 12.1. The fraction of sp³-hybridized carbons (Fsp3) is 0.364. The first-order valence-electron chi connectivity index (χ1n) is 5.09. The van der Waals surface area contributed by atoms with Crippen molar-refractivity contribution in [2.24, 2.45) is 10.9 Å². The number of oxime groups is 1. The summed E-state index contributed by atoms with van der Waals surface area (Å²) in [5.41, 5.74) is 6.29. The lowest BCUT2D eigenvalue weighted by atomic mass is 10.2. The van der Waals surface area contributed by atoms with Crippen LogP contribution in [0.2, 0.25) is 0 Å². The molecule has 0 saturated carbocycles. The summed E-state index contributed by atoms with van der Waals surface area (Å²) < 4.78 is 12.9. The van der Waals surface area contributed by atoms with Gasteiger partial charge < -0.3 is 10.9 Å². The first-order chi connectivity index (χ1) is 7.65. The van der Waals surface area contributed by atoms with Gasteiger partial charge in [-0.1, -0.05) is 24.2 Å². The Labute approximate surface area is 94.2 Å². The number of halogens is 1. The standard InChI is InChI=1S/C11H16FN3O/c1-2-15(8-11(13)14-16)7-9-4-3-5-10(12)6-9/h3-6,16H,2,7-8H2,1H3,(H2,13,14). The third-order valence-corrected chi connectivity index (χ3v) is 2.26. The molecule has 0 saturated heterocycles. The van der Waals surface area contributed by atoms with Crippen LogP contribution in [-0.4, -0.2) is 29.0 Å². The summed E-state index contributed by atoms with van der Waals surface area (Å²) in [5.74, 6) is -0.101. The summed E-state index contributed by atoms with van der Waals surface area (Å²) >= 11 is 0. The van der Waals surface area contributed by atoms with Gasteiger partial charge in [0.1, 0.15) is 5.82 Å². The molecule has 0 amide bonds. The number of hydrogen-bond acceptors (Lipinski definition) is 3. The number of hydrogen-bond donors (Lipinski definition) is 2. The predicted octanol–water partition coefficient (Wildman–Crippen LogP) is 1.39. The number of likely N-dealkylation sites (N-methyl/N-ethyl adjacent to an activating group) is 1. The van der Waals surface area contributed by atoms with E-state index < -0.39 is 0 Å². The fourth-order valence-corrected chi connectivity index (χ4v) is 1.43. The lowest BCUT2D eigenvalue weighted by molar-refractivity contribution is 0.294. The van der Waals surface area contributed by atoms with Crippen LogP contribution in [0, 0.1) is 5.82 Å². The molecule has 0 heterocycles. The summed E-state index contributed by atoms with van der Waals surface area (Å²) in [4.78, 5) is 1.95. The molecule has 16 heavy (non-hydrogen) atoms. The Morgan fingerprint density at radius 2 is 2.31 bits per heavy atom. The third-order valence-electron chi connectivity index (χ3n) is 2.26. The highest BCUT2D eigenvalue weighted by Crippen LogP contribution is 2.06. The van der Waals surface area contributed by atoms with E-state index in [9.17, 15) is 4.39 Å². The van der Waals surface area contributed by atoms with E-state index >= 15 is 0 Å². The highest BCUT2D eigenvalue weighted by Gasteiger charge is 2.06. The van der Waals surface area contributed by atoms with E-state index in [0.29, 0.717) is 13.1 Å². The molecular weight excluding hydrogens is 209 g/mol. The Bertz CT molecular complexity index is 368. The zero-order valence-corrected chi connectivity index (χ0v) is 9.23. The van der Waals surface area contributed by atoms with Crippen LogP contribution in [0.4, 0.5) is 4.39 Å². The SMILES string of the molecule is CCN(CC(N)=NO)Cc1cccc(F)c1. The summed E-state index contributed by atoms with van der Waals surface area (Å²) in [6.07, 6.45) is 0. The van der Waals surface area contributed by atoms with Gasteiger partial charge in [-0.3, -0.25) is 4.90 Å². The third kappa shape index (κ3) is 3.86. The molecule has 0 unspecified atom stereocenters. The Morgan fingerprint density at radius 1 is 1.56 bits per heavy atom. The van der Waals surface area contributed by atoms with Crippen molar-refractivity contribution in [3.05, 3.63) is 35.6 Å². The molecule has 1 rings (SSSR count). The van der Waals surface area contributed by atoms with Crippen molar-refractivity contribution in [3.8, 4) is 0 Å². The van der Waals surface area contributed by atoms with Crippen molar-refractivity contribution in [2.45, 2.75) is 13.5 Å². The van der Waals surface area contributed by atoms with Gasteiger partial charge in [-0.2, -0.15) is 0 Å². The molecule has 3 N–H and O–H groups in total. The van der Waals surface area contributed by atoms with Crippen LogP contribution in [0.15, 0.2) is 29.4 Å². The number of nitrogens with zero attached hydrogens (tertiary/aromatic N) is 2. The van der Waals surface area contributed by atoms with Gasteiger partial charge in [-0.25, -0.2) is 4.39 Å². The lowest BCUT2D eigenvalue weighted by Crippen LogP contribution is -2.33. The Hall–Kier alpha value is -1.62. The maximum Gasteiger partial charge on any atom is 0.153 e. The average Bonchev–Trinajstić information content (AvgIpc) is 2.28. The van der Waals surface area contributed by atoms with E-state index in [1.165, 1.54) is 12.1 Å². The highest BCUT2D eigenvalue weighted by molar-refractivity contribution is 5.81. The van der Waals surface area contributed by atoms with Crippen molar-refractivity contribution in [2.75, 3.05) is 13.1 Å². The molecule has 1 aromatic rings. The molecule has 0 atom stereocenters. The number of amidine groups is 1. The molecule has 1 aromatic carbocycles. The molecule has 0 fully saturated rings. The fourth-order valence-electron chi connectivity index (χ4n) is 1.43. The van der Waals surface area contributed by atoms with Crippen LogP contribution in [0.1, 0.15) is 12.5 Å². The van der Waals surface area contributed by atoms with Crippen LogP contribution < -0.4 is 5.73 Å². The quantitative estimate of drug-likeness (QED) is 0.344. The molecule has 88 valence electrons. The van der Waals surface area contributed by atoms with Crippen molar-refractivity contribution in [1.82, 2.24) is 4.90 Å². The van der Waals surface area contributed by atoms with Crippen molar-refractivity contribution < 1.29 is 9.60 Å². The van der Waals surface area contributed by atoms with Gasteiger partial charge in [-0.05, 0) is 24.2 Å². The molecule has 0 aliphatic rings. The van der Waals surface area contributed by atoms with Crippen molar-refractivity contribution in [3.63, 3.8) is 0 Å². The van der Waals surface area contributed by atoms with E-state index in [1.807, 2.05) is 17.9 Å². The molecule has 0 aliphatic carbocycles. The van der Waals surface area contributed by atoms with E-state index in [0.717, 1.165) is 12.1 Å². The summed E-state index contributed by atoms with van der Waals surface area (Å²) in [5, 5.41) is 11.4. The van der Waals surface area contributed by atoms with Gasteiger partial charge in [0.25, 0.3) is 0 Å². The number of rotatable bonds is 5. The zero-order valence-electron chi connectivity index (χ0n) is 9.23. The monoisotopic (exact) mass is 225 g/mol. The summed E-state index contributed by atoms with van der Waals surface area (Å²) in [7, 11) is 0. The minimum Gasteiger partial charge on any atom is -0.409 e. The minimum absolute atomic E-state index is 0.151. The molecule has 0 aromatic heterocycles. The van der Waals surface area contributed by atoms with Gasteiger partial charge in [-0.15, -0.1) is 0 Å². The second kappa shape index (κ2) is 6.07. The van der Waals surface area contributed by atoms with E-state index in [4.69, 9.17) is 10.9 Å². The lowest BCUT2D eigenvalue weighted by Gasteiger charge is -2.19. The van der Waals surface area contributed by atoms with Gasteiger partial charge in [0.2, 0.25) is 0 Å². The molecule has 0 spiro atoms. The van der Waals surface area contributed by atoms with Gasteiger partial charge in [0.15, 0.2) is 5.84 Å². The van der Waals surface area contributed by atoms with Crippen LogP contribution >= 0.6 is 0 Å². The topological polar surface area (TPSA) is 61.8 Å². The second-order valence-corrected chi connectivity index (χ2v) is 3.52. The van der Waals surface area contributed by atoms with Crippen LogP contribution in [0.3, 0.4) is 0 Å². The zero-order chi connectivity index (χ0) is 12.0. The molecule has 0 aliphatic heterocycles. The molecule has 0 bridgehead atoms. The second-order valence-electron chi connectivity index (χ2n) is 3.52.